The fourth-order valence-corrected chi connectivity index (χ4v) is 3.49. The summed E-state index contributed by atoms with van der Waals surface area (Å²) in [6.07, 6.45) is 1.91. The van der Waals surface area contributed by atoms with E-state index in [4.69, 9.17) is 4.74 Å². The monoisotopic (exact) mass is 328 g/mol. The minimum atomic E-state index is -0.0668. The van der Waals surface area contributed by atoms with Crippen molar-refractivity contribution in [3.63, 3.8) is 0 Å². The van der Waals surface area contributed by atoms with E-state index in [1.165, 1.54) is 4.88 Å². The SMILES string of the molecule is CN(C)[C@@H](CNC(=O)C1=Cc2ccccc2OC1)c1cccs1. The number of rotatable bonds is 5. The van der Waals surface area contributed by atoms with Gasteiger partial charge in [-0.25, -0.2) is 0 Å². The second-order valence-corrected chi connectivity index (χ2v) is 6.68. The summed E-state index contributed by atoms with van der Waals surface area (Å²) in [5.41, 5.74) is 1.61. The maximum atomic E-state index is 12.4. The number of hydrogen-bond donors (Lipinski definition) is 1. The van der Waals surface area contributed by atoms with Crippen LogP contribution in [0.3, 0.4) is 0 Å². The molecule has 3 rings (SSSR count). The van der Waals surface area contributed by atoms with Gasteiger partial charge < -0.3 is 15.0 Å². The van der Waals surface area contributed by atoms with E-state index in [1.807, 2.05) is 50.5 Å². The van der Waals surface area contributed by atoms with Crippen LogP contribution in [0.4, 0.5) is 0 Å². The van der Waals surface area contributed by atoms with Crippen molar-refractivity contribution in [1.82, 2.24) is 10.2 Å². The lowest BCUT2D eigenvalue weighted by Crippen LogP contribution is -2.36. The van der Waals surface area contributed by atoms with Crippen LogP contribution in [0.15, 0.2) is 47.4 Å². The van der Waals surface area contributed by atoms with Crippen LogP contribution in [0.1, 0.15) is 16.5 Å². The molecule has 1 aromatic carbocycles. The van der Waals surface area contributed by atoms with Gasteiger partial charge in [0.15, 0.2) is 0 Å². The van der Waals surface area contributed by atoms with Crippen molar-refractivity contribution in [3.8, 4) is 5.75 Å². The van der Waals surface area contributed by atoms with Gasteiger partial charge in [-0.05, 0) is 37.7 Å². The van der Waals surface area contributed by atoms with E-state index in [1.54, 1.807) is 11.3 Å². The molecule has 0 fully saturated rings. The van der Waals surface area contributed by atoms with Crippen LogP contribution in [0, 0.1) is 0 Å². The summed E-state index contributed by atoms with van der Waals surface area (Å²) in [5, 5.41) is 5.09. The first-order valence-electron chi connectivity index (χ1n) is 7.55. The van der Waals surface area contributed by atoms with Crippen LogP contribution in [-0.4, -0.2) is 38.1 Å². The number of likely N-dealkylation sites (N-methyl/N-ethyl adjacent to an activating group) is 1. The number of para-hydroxylation sites is 1. The van der Waals surface area contributed by atoms with E-state index in [9.17, 15) is 4.79 Å². The number of nitrogens with zero attached hydrogens (tertiary/aromatic N) is 1. The van der Waals surface area contributed by atoms with Crippen molar-refractivity contribution >= 4 is 23.3 Å². The summed E-state index contributed by atoms with van der Waals surface area (Å²) in [4.78, 5) is 15.8. The Morgan fingerprint density at radius 2 is 2.13 bits per heavy atom. The zero-order valence-electron chi connectivity index (χ0n) is 13.3. The fraction of sp³-hybridized carbons (Fsp3) is 0.278. The Hall–Kier alpha value is -2.11. The average Bonchev–Trinajstić information content (AvgIpc) is 3.08. The molecule has 0 saturated heterocycles. The fourth-order valence-electron chi connectivity index (χ4n) is 2.57. The second kappa shape index (κ2) is 6.98. The predicted molar refractivity (Wildman–Crippen MR) is 93.7 cm³/mol. The number of benzene rings is 1. The summed E-state index contributed by atoms with van der Waals surface area (Å²) < 4.78 is 5.65. The third-order valence-corrected chi connectivity index (χ3v) is 4.85. The largest absolute Gasteiger partial charge is 0.488 e. The highest BCUT2D eigenvalue weighted by Crippen LogP contribution is 2.26. The molecule has 23 heavy (non-hydrogen) atoms. The normalized spacial score (nSPS) is 14.7. The number of hydrogen-bond acceptors (Lipinski definition) is 4. The van der Waals surface area contributed by atoms with Gasteiger partial charge in [-0.15, -0.1) is 11.3 Å². The molecule has 5 heteroatoms. The van der Waals surface area contributed by atoms with Crippen LogP contribution in [-0.2, 0) is 4.79 Å². The Balaban J connectivity index is 1.67. The third kappa shape index (κ3) is 3.63. The van der Waals surface area contributed by atoms with E-state index < -0.39 is 0 Å². The maximum absolute atomic E-state index is 12.4. The highest BCUT2D eigenvalue weighted by Gasteiger charge is 2.20. The van der Waals surface area contributed by atoms with Gasteiger partial charge >= 0.3 is 0 Å². The highest BCUT2D eigenvalue weighted by molar-refractivity contribution is 7.10. The summed E-state index contributed by atoms with van der Waals surface area (Å²) in [7, 11) is 4.05. The Labute approximate surface area is 140 Å². The van der Waals surface area contributed by atoms with Gasteiger partial charge in [-0.3, -0.25) is 4.79 Å². The highest BCUT2D eigenvalue weighted by atomic mass is 32.1. The molecule has 1 amide bonds. The van der Waals surface area contributed by atoms with Crippen molar-refractivity contribution in [1.29, 1.82) is 0 Å². The van der Waals surface area contributed by atoms with Gasteiger partial charge in [0.05, 0.1) is 11.6 Å². The number of nitrogens with one attached hydrogen (secondary N) is 1. The number of amides is 1. The number of thiophene rings is 1. The van der Waals surface area contributed by atoms with Gasteiger partial charge in [0, 0.05) is 17.0 Å². The molecule has 0 bridgehead atoms. The molecule has 0 unspecified atom stereocenters. The molecular formula is C18H20N2O2S. The Morgan fingerprint density at radius 1 is 1.30 bits per heavy atom. The predicted octanol–water partition coefficient (Wildman–Crippen LogP) is 2.94. The molecular weight excluding hydrogens is 308 g/mol. The van der Waals surface area contributed by atoms with E-state index in [2.05, 4.69) is 21.7 Å². The van der Waals surface area contributed by atoms with Gasteiger partial charge in [0.25, 0.3) is 5.91 Å². The number of fused-ring (bicyclic) bond motifs is 1. The molecule has 1 N–H and O–H groups in total. The number of carbonyl (C=O) groups excluding carboxylic acids is 1. The van der Waals surface area contributed by atoms with Crippen molar-refractivity contribution in [2.24, 2.45) is 0 Å². The first kappa shape index (κ1) is 15.8. The van der Waals surface area contributed by atoms with Gasteiger partial charge in [-0.1, -0.05) is 24.3 Å². The summed E-state index contributed by atoms with van der Waals surface area (Å²) in [6, 6.07) is 12.1. The molecule has 1 aliphatic rings. The first-order valence-corrected chi connectivity index (χ1v) is 8.43. The maximum Gasteiger partial charge on any atom is 0.250 e. The molecule has 0 spiro atoms. The number of carbonyl (C=O) groups is 1. The molecule has 1 aliphatic heterocycles. The molecule has 0 aliphatic carbocycles. The van der Waals surface area contributed by atoms with Crippen LogP contribution in [0.5, 0.6) is 5.75 Å². The van der Waals surface area contributed by atoms with Crippen molar-refractivity contribution in [3.05, 3.63) is 57.8 Å². The molecule has 0 radical (unpaired) electrons. The molecule has 2 aromatic rings. The average molecular weight is 328 g/mol. The van der Waals surface area contributed by atoms with Gasteiger partial charge in [0.2, 0.25) is 0 Å². The van der Waals surface area contributed by atoms with Crippen molar-refractivity contribution in [2.75, 3.05) is 27.2 Å². The lowest BCUT2D eigenvalue weighted by Gasteiger charge is -2.24. The van der Waals surface area contributed by atoms with Crippen LogP contribution < -0.4 is 10.1 Å². The number of ether oxygens (including phenoxy) is 1. The Bertz CT molecular complexity index is 708. The van der Waals surface area contributed by atoms with E-state index in [0.717, 1.165) is 11.3 Å². The molecule has 4 nitrogen and oxygen atoms in total. The van der Waals surface area contributed by atoms with Crippen LogP contribution >= 0.6 is 11.3 Å². The van der Waals surface area contributed by atoms with E-state index >= 15 is 0 Å². The molecule has 1 aromatic heterocycles. The Morgan fingerprint density at radius 3 is 2.87 bits per heavy atom. The van der Waals surface area contributed by atoms with E-state index in [0.29, 0.717) is 18.7 Å². The van der Waals surface area contributed by atoms with Crippen LogP contribution in [0.2, 0.25) is 0 Å². The zero-order valence-corrected chi connectivity index (χ0v) is 14.1. The molecule has 0 saturated carbocycles. The Kier molecular flexibility index (Phi) is 4.79. The summed E-state index contributed by atoms with van der Waals surface area (Å²) >= 11 is 1.71. The van der Waals surface area contributed by atoms with Crippen molar-refractivity contribution in [2.45, 2.75) is 6.04 Å². The third-order valence-electron chi connectivity index (χ3n) is 3.87. The van der Waals surface area contributed by atoms with Crippen molar-refractivity contribution < 1.29 is 9.53 Å². The van der Waals surface area contributed by atoms with Crippen LogP contribution in [0.25, 0.3) is 6.08 Å². The molecule has 2 heterocycles. The molecule has 1 atom stereocenters. The first-order chi connectivity index (χ1) is 11.1. The lowest BCUT2D eigenvalue weighted by atomic mass is 10.1. The van der Waals surface area contributed by atoms with E-state index in [-0.39, 0.29) is 11.9 Å². The van der Waals surface area contributed by atoms with Gasteiger partial charge in [-0.2, -0.15) is 0 Å². The minimum absolute atomic E-state index is 0.0668. The lowest BCUT2D eigenvalue weighted by molar-refractivity contribution is -0.118. The second-order valence-electron chi connectivity index (χ2n) is 5.70. The van der Waals surface area contributed by atoms with Gasteiger partial charge in [0.1, 0.15) is 12.4 Å². The standard InChI is InChI=1S/C18H20N2O2S/c1-20(2)15(17-8-5-9-23-17)11-19-18(21)14-10-13-6-3-4-7-16(13)22-12-14/h3-10,15H,11-12H2,1-2H3,(H,19,21)/t15-/m0/s1. The summed E-state index contributed by atoms with van der Waals surface area (Å²) in [5.74, 6) is 0.761. The quantitative estimate of drug-likeness (QED) is 0.917. The summed E-state index contributed by atoms with van der Waals surface area (Å²) in [6.45, 7) is 0.889. The minimum Gasteiger partial charge on any atom is -0.488 e. The topological polar surface area (TPSA) is 41.6 Å². The molecule has 120 valence electrons. The zero-order chi connectivity index (χ0) is 16.2. The smallest absolute Gasteiger partial charge is 0.250 e.